The molecule has 4 nitrogen and oxygen atoms in total. The number of halogens is 2. The molecule has 2 aromatic rings. The van der Waals surface area contributed by atoms with Gasteiger partial charge in [0.15, 0.2) is 11.6 Å². The zero-order valence-electron chi connectivity index (χ0n) is 12.9. The smallest absolute Gasteiger partial charge is 0.335 e. The van der Waals surface area contributed by atoms with Crippen LogP contribution in [-0.2, 0) is 11.3 Å². The van der Waals surface area contributed by atoms with E-state index in [1.165, 1.54) is 12.1 Å². The number of carboxylic acid groups (broad SMARTS) is 1. The Balaban J connectivity index is 1.66. The molecule has 0 bridgehead atoms. The number of hydrogen-bond donors (Lipinski definition) is 1. The number of rotatable bonds is 4. The maximum absolute atomic E-state index is 13.4. The van der Waals surface area contributed by atoms with Crippen LogP contribution < -0.4 is 0 Å². The van der Waals surface area contributed by atoms with Gasteiger partial charge in [-0.05, 0) is 35.4 Å². The highest BCUT2D eigenvalue weighted by molar-refractivity contribution is 5.87. The number of carboxylic acids is 1. The Hall–Kier alpha value is -2.31. The molecule has 1 atom stereocenters. The normalized spacial score (nSPS) is 18.5. The molecular weight excluding hydrogens is 316 g/mol. The molecule has 0 amide bonds. The van der Waals surface area contributed by atoms with Gasteiger partial charge in [-0.15, -0.1) is 0 Å². The zero-order chi connectivity index (χ0) is 17.1. The van der Waals surface area contributed by atoms with E-state index in [2.05, 4.69) is 4.90 Å². The van der Waals surface area contributed by atoms with E-state index in [1.807, 2.05) is 0 Å². The number of benzene rings is 2. The molecule has 126 valence electrons. The minimum atomic E-state index is -0.952. The van der Waals surface area contributed by atoms with E-state index < -0.39 is 17.6 Å². The third-order valence-corrected chi connectivity index (χ3v) is 4.07. The molecule has 1 saturated heterocycles. The highest BCUT2D eigenvalue weighted by atomic mass is 19.2. The lowest BCUT2D eigenvalue weighted by Crippen LogP contribution is -2.37. The lowest BCUT2D eigenvalue weighted by atomic mass is 10.1. The molecule has 0 aromatic heterocycles. The van der Waals surface area contributed by atoms with E-state index in [1.54, 1.807) is 24.3 Å². The summed E-state index contributed by atoms with van der Waals surface area (Å²) in [7, 11) is 0. The number of ether oxygens (including phenoxy) is 1. The average molecular weight is 333 g/mol. The lowest BCUT2D eigenvalue weighted by Gasteiger charge is -2.33. The van der Waals surface area contributed by atoms with Crippen molar-refractivity contribution in [3.63, 3.8) is 0 Å². The molecule has 0 saturated carbocycles. The third-order valence-electron chi connectivity index (χ3n) is 4.07. The summed E-state index contributed by atoms with van der Waals surface area (Å²) in [6, 6.07) is 10.5. The van der Waals surface area contributed by atoms with Crippen LogP contribution in [-0.4, -0.2) is 35.7 Å². The van der Waals surface area contributed by atoms with Gasteiger partial charge in [-0.1, -0.05) is 18.2 Å². The third kappa shape index (κ3) is 3.77. The van der Waals surface area contributed by atoms with Crippen molar-refractivity contribution in [2.75, 3.05) is 19.7 Å². The number of morpholine rings is 1. The van der Waals surface area contributed by atoms with Crippen LogP contribution in [0.1, 0.15) is 27.6 Å². The molecule has 2 aromatic carbocycles. The first-order valence-corrected chi connectivity index (χ1v) is 7.64. The van der Waals surface area contributed by atoms with Crippen LogP contribution in [0.3, 0.4) is 0 Å². The molecule has 0 aliphatic carbocycles. The van der Waals surface area contributed by atoms with Gasteiger partial charge in [-0.25, -0.2) is 13.6 Å². The van der Waals surface area contributed by atoms with Gasteiger partial charge in [0.05, 0.1) is 18.3 Å². The van der Waals surface area contributed by atoms with E-state index in [0.717, 1.165) is 18.2 Å². The maximum Gasteiger partial charge on any atom is 0.335 e. The first kappa shape index (κ1) is 16.5. The van der Waals surface area contributed by atoms with Crippen molar-refractivity contribution in [3.05, 3.63) is 70.8 Å². The van der Waals surface area contributed by atoms with Crippen LogP contribution in [0, 0.1) is 11.6 Å². The molecule has 24 heavy (non-hydrogen) atoms. The van der Waals surface area contributed by atoms with Crippen molar-refractivity contribution in [1.29, 1.82) is 0 Å². The maximum atomic E-state index is 13.4. The van der Waals surface area contributed by atoms with Gasteiger partial charge in [-0.3, -0.25) is 4.90 Å². The summed E-state index contributed by atoms with van der Waals surface area (Å²) in [6.45, 7) is 2.42. The van der Waals surface area contributed by atoms with Gasteiger partial charge >= 0.3 is 5.97 Å². The molecule has 0 spiro atoms. The van der Waals surface area contributed by atoms with Crippen LogP contribution >= 0.6 is 0 Å². The molecule has 6 heteroatoms. The van der Waals surface area contributed by atoms with Crippen LogP contribution in [0.4, 0.5) is 8.78 Å². The molecular formula is C18H17F2NO3. The fraction of sp³-hybridized carbons (Fsp3) is 0.278. The Morgan fingerprint density at radius 1 is 1.17 bits per heavy atom. The first-order valence-electron chi connectivity index (χ1n) is 7.64. The monoisotopic (exact) mass is 333 g/mol. The number of aromatic carboxylic acids is 1. The van der Waals surface area contributed by atoms with Crippen molar-refractivity contribution >= 4 is 5.97 Å². The topological polar surface area (TPSA) is 49.8 Å². The Morgan fingerprint density at radius 2 is 1.92 bits per heavy atom. The van der Waals surface area contributed by atoms with Gasteiger partial charge in [0, 0.05) is 19.6 Å². The summed E-state index contributed by atoms with van der Waals surface area (Å²) in [4.78, 5) is 13.0. The van der Waals surface area contributed by atoms with Crippen molar-refractivity contribution < 1.29 is 23.4 Å². The Kier molecular flexibility index (Phi) is 4.87. The lowest BCUT2D eigenvalue weighted by molar-refractivity contribution is -0.0330. The molecule has 1 unspecified atom stereocenters. The summed E-state index contributed by atoms with van der Waals surface area (Å²) >= 11 is 0. The summed E-state index contributed by atoms with van der Waals surface area (Å²) < 4.78 is 32.1. The predicted molar refractivity (Wildman–Crippen MR) is 83.7 cm³/mol. The highest BCUT2D eigenvalue weighted by Gasteiger charge is 2.23. The van der Waals surface area contributed by atoms with Crippen LogP contribution in [0.2, 0.25) is 0 Å². The number of nitrogens with zero attached hydrogens (tertiary/aromatic N) is 1. The Bertz CT molecular complexity index is 734. The average Bonchev–Trinajstić information content (AvgIpc) is 2.58. The molecule has 0 radical (unpaired) electrons. The SMILES string of the molecule is O=C(O)c1ccc(CN2CCOC(c3ccc(F)c(F)c3)C2)cc1. The van der Waals surface area contributed by atoms with Crippen LogP contribution in [0.25, 0.3) is 0 Å². The van der Waals surface area contributed by atoms with Crippen LogP contribution in [0.5, 0.6) is 0 Å². The molecule has 1 fully saturated rings. The fourth-order valence-corrected chi connectivity index (χ4v) is 2.77. The van der Waals surface area contributed by atoms with Gasteiger partial charge in [-0.2, -0.15) is 0 Å². The highest BCUT2D eigenvalue weighted by Crippen LogP contribution is 2.24. The summed E-state index contributed by atoms with van der Waals surface area (Å²) in [5.74, 6) is -2.70. The van der Waals surface area contributed by atoms with Gasteiger partial charge < -0.3 is 9.84 Å². The second kappa shape index (κ2) is 7.07. The van der Waals surface area contributed by atoms with Gasteiger partial charge in [0.25, 0.3) is 0 Å². The summed E-state index contributed by atoms with van der Waals surface area (Å²) in [5, 5.41) is 8.92. The molecule has 1 aliphatic heterocycles. The standard InChI is InChI=1S/C18H17F2NO3/c19-15-6-5-14(9-16(15)20)17-11-21(7-8-24-17)10-12-1-3-13(4-2-12)18(22)23/h1-6,9,17H,7-8,10-11H2,(H,22,23). The van der Waals surface area contributed by atoms with Crippen LogP contribution in [0.15, 0.2) is 42.5 Å². The molecule has 1 aliphatic rings. The van der Waals surface area contributed by atoms with E-state index in [-0.39, 0.29) is 11.7 Å². The summed E-state index contributed by atoms with van der Waals surface area (Å²) in [5.41, 5.74) is 1.85. The molecule has 1 N–H and O–H groups in total. The minimum Gasteiger partial charge on any atom is -0.478 e. The molecule has 1 heterocycles. The fourth-order valence-electron chi connectivity index (χ4n) is 2.77. The second-order valence-corrected chi connectivity index (χ2v) is 5.77. The van der Waals surface area contributed by atoms with Gasteiger partial charge in [0.1, 0.15) is 0 Å². The Labute approximate surface area is 138 Å². The summed E-state index contributed by atoms with van der Waals surface area (Å²) in [6.07, 6.45) is -0.313. The van der Waals surface area contributed by atoms with E-state index >= 15 is 0 Å². The Morgan fingerprint density at radius 3 is 2.58 bits per heavy atom. The van der Waals surface area contributed by atoms with Crippen molar-refractivity contribution in [2.24, 2.45) is 0 Å². The van der Waals surface area contributed by atoms with Gasteiger partial charge in [0.2, 0.25) is 0 Å². The number of hydrogen-bond acceptors (Lipinski definition) is 3. The van der Waals surface area contributed by atoms with E-state index in [9.17, 15) is 13.6 Å². The van der Waals surface area contributed by atoms with E-state index in [4.69, 9.17) is 9.84 Å². The quantitative estimate of drug-likeness (QED) is 0.933. The van der Waals surface area contributed by atoms with Crippen molar-refractivity contribution in [2.45, 2.75) is 12.6 Å². The van der Waals surface area contributed by atoms with Crippen molar-refractivity contribution in [1.82, 2.24) is 4.90 Å². The predicted octanol–water partition coefficient (Wildman–Crippen LogP) is 3.24. The molecule has 3 rings (SSSR count). The zero-order valence-corrected chi connectivity index (χ0v) is 12.9. The minimum absolute atomic E-state index is 0.250. The number of carbonyl (C=O) groups is 1. The first-order chi connectivity index (χ1) is 11.5. The largest absolute Gasteiger partial charge is 0.478 e. The van der Waals surface area contributed by atoms with E-state index in [0.29, 0.717) is 25.3 Å². The van der Waals surface area contributed by atoms with Crippen molar-refractivity contribution in [3.8, 4) is 0 Å². The second-order valence-electron chi connectivity index (χ2n) is 5.77.